The number of nitrogens with one attached hydrogen (secondary N) is 1. The first kappa shape index (κ1) is 9.77. The van der Waals surface area contributed by atoms with Gasteiger partial charge in [0.2, 0.25) is 0 Å². The number of hydrogen-bond donors (Lipinski definition) is 1. The Labute approximate surface area is 78.6 Å². The van der Waals surface area contributed by atoms with E-state index < -0.39 is 0 Å². The van der Waals surface area contributed by atoms with Crippen LogP contribution in [-0.4, -0.2) is 29.5 Å². The number of nitrogens with zero attached hydrogens (tertiary/aromatic N) is 3. The molecule has 4 nitrogen and oxygen atoms in total. The molecule has 0 aliphatic heterocycles. The van der Waals surface area contributed by atoms with E-state index in [1.54, 1.807) is 0 Å². The molecule has 4 heteroatoms. The molecule has 1 aromatic heterocycles. The number of aromatic amines is 1. The van der Waals surface area contributed by atoms with E-state index >= 15 is 0 Å². The number of rotatable bonds is 4. The lowest BCUT2D eigenvalue weighted by atomic mass is 10.1. The molecule has 0 bridgehead atoms. The van der Waals surface area contributed by atoms with Crippen molar-refractivity contribution in [1.29, 1.82) is 0 Å². The molecule has 0 saturated heterocycles. The van der Waals surface area contributed by atoms with E-state index in [-0.39, 0.29) is 0 Å². The summed E-state index contributed by atoms with van der Waals surface area (Å²) in [7, 11) is 3.92. The Balaban J connectivity index is 2.76. The molecule has 1 aromatic rings. The summed E-state index contributed by atoms with van der Waals surface area (Å²) in [6.45, 7) is 5.87. The molecule has 0 aliphatic rings. The van der Waals surface area contributed by atoms with Gasteiger partial charge < -0.3 is 4.90 Å². The first-order chi connectivity index (χ1) is 6.15. The van der Waals surface area contributed by atoms with Crippen molar-refractivity contribution in [1.82, 2.24) is 15.4 Å². The van der Waals surface area contributed by atoms with Gasteiger partial charge in [0.15, 0.2) is 5.82 Å². The Morgan fingerprint density at radius 3 is 2.85 bits per heavy atom. The minimum atomic E-state index is 0.445. The monoisotopic (exact) mass is 180 g/mol. The van der Waals surface area contributed by atoms with Gasteiger partial charge in [-0.3, -0.25) is 5.10 Å². The van der Waals surface area contributed by atoms with Crippen LogP contribution in [0.2, 0.25) is 0 Å². The van der Waals surface area contributed by atoms with Gasteiger partial charge in [-0.1, -0.05) is 18.2 Å². The van der Waals surface area contributed by atoms with E-state index in [4.69, 9.17) is 0 Å². The first-order valence-corrected chi connectivity index (χ1v) is 4.35. The second kappa shape index (κ2) is 4.07. The van der Waals surface area contributed by atoms with Gasteiger partial charge in [-0.2, -0.15) is 0 Å². The van der Waals surface area contributed by atoms with Gasteiger partial charge in [0.1, 0.15) is 0 Å². The summed E-state index contributed by atoms with van der Waals surface area (Å²) in [5, 5.41) is 10.7. The van der Waals surface area contributed by atoms with Crippen molar-refractivity contribution in [2.75, 3.05) is 19.0 Å². The molecule has 0 amide bonds. The Morgan fingerprint density at radius 1 is 1.62 bits per heavy atom. The van der Waals surface area contributed by atoms with Gasteiger partial charge in [-0.15, -0.1) is 11.7 Å². The SMILES string of the molecule is C=CC(C)Cc1[nH]nnc1N(C)C. The van der Waals surface area contributed by atoms with Gasteiger partial charge in [0.05, 0.1) is 5.69 Å². The number of allylic oxidation sites excluding steroid dienone is 1. The van der Waals surface area contributed by atoms with Gasteiger partial charge in [0, 0.05) is 14.1 Å². The summed E-state index contributed by atoms with van der Waals surface area (Å²) in [6.07, 6.45) is 2.84. The highest BCUT2D eigenvalue weighted by molar-refractivity contribution is 5.40. The molecule has 0 radical (unpaired) electrons. The summed E-state index contributed by atoms with van der Waals surface area (Å²) in [6, 6.07) is 0. The maximum Gasteiger partial charge on any atom is 0.173 e. The van der Waals surface area contributed by atoms with Crippen LogP contribution < -0.4 is 4.90 Å². The lowest BCUT2D eigenvalue weighted by Gasteiger charge is -2.11. The largest absolute Gasteiger partial charge is 0.360 e. The molecule has 1 rings (SSSR count). The van der Waals surface area contributed by atoms with Gasteiger partial charge in [-0.05, 0) is 12.3 Å². The molecular formula is C9H16N4. The van der Waals surface area contributed by atoms with Crippen LogP contribution in [0.25, 0.3) is 0 Å². The van der Waals surface area contributed by atoms with Crippen LogP contribution >= 0.6 is 0 Å². The predicted octanol–water partition coefficient (Wildman–Crippen LogP) is 1.24. The van der Waals surface area contributed by atoms with Crippen LogP contribution in [0.3, 0.4) is 0 Å². The fraction of sp³-hybridized carbons (Fsp3) is 0.556. The molecule has 1 N–H and O–H groups in total. The summed E-state index contributed by atoms with van der Waals surface area (Å²) >= 11 is 0. The third-order valence-electron chi connectivity index (χ3n) is 1.95. The average molecular weight is 180 g/mol. The average Bonchev–Trinajstić information content (AvgIpc) is 2.52. The van der Waals surface area contributed by atoms with Gasteiger partial charge in [0.25, 0.3) is 0 Å². The van der Waals surface area contributed by atoms with E-state index in [9.17, 15) is 0 Å². The normalized spacial score (nSPS) is 12.5. The van der Waals surface area contributed by atoms with Crippen molar-refractivity contribution in [2.45, 2.75) is 13.3 Å². The third-order valence-corrected chi connectivity index (χ3v) is 1.95. The van der Waals surface area contributed by atoms with Gasteiger partial charge in [-0.25, -0.2) is 0 Å². The zero-order valence-corrected chi connectivity index (χ0v) is 8.41. The molecule has 0 fully saturated rings. The van der Waals surface area contributed by atoms with Crippen molar-refractivity contribution in [3.8, 4) is 0 Å². The lowest BCUT2D eigenvalue weighted by molar-refractivity contribution is 0.704. The van der Waals surface area contributed by atoms with Crippen molar-refractivity contribution in [3.63, 3.8) is 0 Å². The Hall–Kier alpha value is -1.32. The van der Waals surface area contributed by atoms with Crippen LogP contribution in [0.4, 0.5) is 5.82 Å². The molecular weight excluding hydrogens is 164 g/mol. The molecule has 0 saturated carbocycles. The minimum Gasteiger partial charge on any atom is -0.360 e. The molecule has 0 spiro atoms. The second-order valence-corrected chi connectivity index (χ2v) is 3.43. The molecule has 13 heavy (non-hydrogen) atoms. The number of H-pyrrole nitrogens is 1. The Kier molecular flexibility index (Phi) is 3.06. The third kappa shape index (κ3) is 2.31. The van der Waals surface area contributed by atoms with E-state index in [0.717, 1.165) is 17.9 Å². The lowest BCUT2D eigenvalue weighted by Crippen LogP contribution is -2.12. The summed E-state index contributed by atoms with van der Waals surface area (Å²) in [4.78, 5) is 1.95. The van der Waals surface area contributed by atoms with E-state index in [1.807, 2.05) is 25.1 Å². The predicted molar refractivity (Wildman–Crippen MR) is 53.8 cm³/mol. The van der Waals surface area contributed by atoms with Crippen LogP contribution in [0.1, 0.15) is 12.6 Å². The van der Waals surface area contributed by atoms with Crippen LogP contribution in [0.5, 0.6) is 0 Å². The van der Waals surface area contributed by atoms with Crippen molar-refractivity contribution < 1.29 is 0 Å². The van der Waals surface area contributed by atoms with E-state index in [0.29, 0.717) is 5.92 Å². The van der Waals surface area contributed by atoms with Crippen molar-refractivity contribution in [3.05, 3.63) is 18.3 Å². The summed E-state index contributed by atoms with van der Waals surface area (Å²) in [5.74, 6) is 1.36. The highest BCUT2D eigenvalue weighted by Gasteiger charge is 2.10. The molecule has 0 aliphatic carbocycles. The number of aromatic nitrogens is 3. The van der Waals surface area contributed by atoms with Crippen LogP contribution in [0.15, 0.2) is 12.7 Å². The quantitative estimate of drug-likeness (QED) is 0.709. The maximum atomic E-state index is 3.99. The maximum absolute atomic E-state index is 3.99. The van der Waals surface area contributed by atoms with Crippen molar-refractivity contribution in [2.24, 2.45) is 5.92 Å². The molecule has 1 heterocycles. The standard InChI is InChI=1S/C9H16N4/c1-5-7(2)6-8-9(13(3)4)11-12-10-8/h5,7H,1,6H2,2-4H3,(H,10,11,12). The smallest absolute Gasteiger partial charge is 0.173 e. The van der Waals surface area contributed by atoms with Crippen LogP contribution in [0, 0.1) is 5.92 Å². The highest BCUT2D eigenvalue weighted by Crippen LogP contribution is 2.15. The molecule has 0 aromatic carbocycles. The molecule has 72 valence electrons. The fourth-order valence-corrected chi connectivity index (χ4v) is 1.14. The molecule has 1 unspecified atom stereocenters. The van der Waals surface area contributed by atoms with E-state index in [2.05, 4.69) is 28.9 Å². The zero-order valence-electron chi connectivity index (χ0n) is 8.41. The minimum absolute atomic E-state index is 0.445. The Bertz CT molecular complexity index is 277. The highest BCUT2D eigenvalue weighted by atomic mass is 15.4. The first-order valence-electron chi connectivity index (χ1n) is 4.35. The Morgan fingerprint density at radius 2 is 2.31 bits per heavy atom. The number of anilines is 1. The second-order valence-electron chi connectivity index (χ2n) is 3.43. The topological polar surface area (TPSA) is 44.8 Å². The van der Waals surface area contributed by atoms with Crippen LogP contribution in [-0.2, 0) is 6.42 Å². The summed E-state index contributed by atoms with van der Waals surface area (Å²) < 4.78 is 0. The van der Waals surface area contributed by atoms with Gasteiger partial charge >= 0.3 is 0 Å². The molecule has 1 atom stereocenters. The van der Waals surface area contributed by atoms with E-state index in [1.165, 1.54) is 0 Å². The zero-order chi connectivity index (χ0) is 9.84. The van der Waals surface area contributed by atoms with Crippen molar-refractivity contribution >= 4 is 5.82 Å². The fourth-order valence-electron chi connectivity index (χ4n) is 1.14. The number of hydrogen-bond acceptors (Lipinski definition) is 3. The summed E-state index contributed by atoms with van der Waals surface area (Å²) in [5.41, 5.74) is 1.07.